The molecule has 0 N–H and O–H groups in total. The number of pyridine rings is 1. The van der Waals surface area contributed by atoms with E-state index in [4.69, 9.17) is 0 Å². The minimum absolute atomic E-state index is 0.137. The Kier molecular flexibility index (Phi) is 4.55. The number of aromatic nitrogens is 2. The monoisotopic (exact) mass is 397 g/mol. The maximum absolute atomic E-state index is 14.9. The first-order valence-electron chi connectivity index (χ1n) is 8.61. The van der Waals surface area contributed by atoms with Crippen molar-refractivity contribution in [2.24, 2.45) is 0 Å². The van der Waals surface area contributed by atoms with Crippen molar-refractivity contribution < 1.29 is 13.6 Å². The number of thioether (sulfide) groups is 1. The van der Waals surface area contributed by atoms with Gasteiger partial charge in [0, 0.05) is 36.3 Å². The van der Waals surface area contributed by atoms with Crippen LogP contribution in [0, 0.1) is 0 Å². The Morgan fingerprint density at radius 1 is 1.04 bits per heavy atom. The van der Waals surface area contributed by atoms with Crippen molar-refractivity contribution in [3.8, 4) is 0 Å². The number of nitrogens with zero attached hydrogens (tertiary/aromatic N) is 3. The minimum Gasteiger partial charge on any atom is -0.377 e. The summed E-state index contributed by atoms with van der Waals surface area (Å²) in [5.74, 6) is -1.27. The summed E-state index contributed by atoms with van der Waals surface area (Å²) in [5.41, 5.74) is 1.24. The zero-order chi connectivity index (χ0) is 19.9. The standard InChI is InChI=1S/C21H17F2N3OS/c1-25(2)16-10-11-18(15-8-4-3-7-14(15)16)28-21(22,23)20(27)17-13-24-19-9-5-6-12-26(17)19/h3-13H,1-2H3. The summed E-state index contributed by atoms with van der Waals surface area (Å²) >= 11 is 0.268. The van der Waals surface area contributed by atoms with Gasteiger partial charge in [0.2, 0.25) is 0 Å². The molecule has 0 spiro atoms. The number of carbonyl (C=O) groups is 1. The Labute approximate surface area is 164 Å². The zero-order valence-corrected chi connectivity index (χ0v) is 16.1. The predicted octanol–water partition coefficient (Wildman–Crippen LogP) is 5.12. The molecule has 4 rings (SSSR count). The lowest BCUT2D eigenvalue weighted by Crippen LogP contribution is -2.26. The lowest BCUT2D eigenvalue weighted by Gasteiger charge is -2.19. The summed E-state index contributed by atoms with van der Waals surface area (Å²) in [4.78, 5) is 18.9. The van der Waals surface area contributed by atoms with Crippen LogP contribution in [0.15, 0.2) is 71.9 Å². The van der Waals surface area contributed by atoms with Crippen molar-refractivity contribution in [2.75, 3.05) is 19.0 Å². The van der Waals surface area contributed by atoms with Crippen LogP contribution >= 0.6 is 11.8 Å². The van der Waals surface area contributed by atoms with Crippen LogP contribution < -0.4 is 4.90 Å². The fourth-order valence-corrected chi connectivity index (χ4v) is 4.07. The minimum atomic E-state index is -3.63. The quantitative estimate of drug-likeness (QED) is 0.346. The number of halogens is 2. The van der Waals surface area contributed by atoms with E-state index in [9.17, 15) is 13.6 Å². The molecule has 0 fully saturated rings. The third kappa shape index (κ3) is 3.11. The summed E-state index contributed by atoms with van der Waals surface area (Å²) in [6, 6.07) is 15.8. The smallest absolute Gasteiger partial charge is 0.361 e. The van der Waals surface area contributed by atoms with Gasteiger partial charge >= 0.3 is 5.25 Å². The van der Waals surface area contributed by atoms with Crippen LogP contribution in [0.1, 0.15) is 10.5 Å². The fourth-order valence-electron chi connectivity index (χ4n) is 3.17. The van der Waals surface area contributed by atoms with E-state index in [2.05, 4.69) is 4.98 Å². The summed E-state index contributed by atoms with van der Waals surface area (Å²) in [6.45, 7) is 0. The third-order valence-corrected chi connectivity index (χ3v) is 5.51. The van der Waals surface area contributed by atoms with Gasteiger partial charge in [-0.3, -0.25) is 9.20 Å². The SMILES string of the molecule is CN(C)c1ccc(SC(F)(F)C(=O)c2cnc3ccccn23)c2ccccc12. The number of Topliss-reactive ketones (excluding diaryl/α,β-unsaturated/α-hetero) is 1. The van der Waals surface area contributed by atoms with Crippen molar-refractivity contribution in [1.29, 1.82) is 0 Å². The topological polar surface area (TPSA) is 37.6 Å². The van der Waals surface area contributed by atoms with E-state index in [-0.39, 0.29) is 17.5 Å². The molecular formula is C21H17F2N3OS. The van der Waals surface area contributed by atoms with E-state index in [0.717, 1.165) is 11.1 Å². The van der Waals surface area contributed by atoms with Gasteiger partial charge in [-0.15, -0.1) is 0 Å². The van der Waals surface area contributed by atoms with Gasteiger partial charge < -0.3 is 4.90 Å². The molecule has 0 aliphatic heterocycles. The van der Waals surface area contributed by atoms with Crippen molar-refractivity contribution >= 4 is 39.7 Å². The average molecular weight is 397 g/mol. The molecule has 0 amide bonds. The highest BCUT2D eigenvalue weighted by Crippen LogP contribution is 2.43. The van der Waals surface area contributed by atoms with Gasteiger partial charge in [0.1, 0.15) is 11.3 Å². The number of hydrogen-bond donors (Lipinski definition) is 0. The van der Waals surface area contributed by atoms with E-state index in [1.54, 1.807) is 48.7 Å². The first kappa shape index (κ1) is 18.4. The first-order valence-corrected chi connectivity index (χ1v) is 9.43. The molecule has 142 valence electrons. The molecule has 0 atom stereocenters. The second-order valence-electron chi connectivity index (χ2n) is 6.54. The van der Waals surface area contributed by atoms with Crippen LogP contribution in [0.4, 0.5) is 14.5 Å². The van der Waals surface area contributed by atoms with E-state index in [1.165, 1.54) is 10.6 Å². The van der Waals surface area contributed by atoms with Crippen LogP contribution in [-0.2, 0) is 0 Å². The molecule has 0 saturated heterocycles. The summed E-state index contributed by atoms with van der Waals surface area (Å²) < 4.78 is 31.3. The second-order valence-corrected chi connectivity index (χ2v) is 7.70. The molecule has 0 bridgehead atoms. The maximum atomic E-state index is 14.9. The summed E-state index contributed by atoms with van der Waals surface area (Å²) in [6.07, 6.45) is 2.75. The van der Waals surface area contributed by atoms with Crippen molar-refractivity contribution in [1.82, 2.24) is 9.38 Å². The summed E-state index contributed by atoms with van der Waals surface area (Å²) in [7, 11) is 3.80. The molecule has 2 aromatic heterocycles. The maximum Gasteiger partial charge on any atom is 0.361 e. The molecule has 4 nitrogen and oxygen atoms in total. The summed E-state index contributed by atoms with van der Waals surface area (Å²) in [5, 5.41) is -2.09. The van der Waals surface area contributed by atoms with E-state index < -0.39 is 11.0 Å². The van der Waals surface area contributed by atoms with Gasteiger partial charge in [-0.25, -0.2) is 4.98 Å². The number of ketones is 1. The van der Waals surface area contributed by atoms with E-state index >= 15 is 0 Å². The number of anilines is 1. The fraction of sp³-hybridized carbons (Fsp3) is 0.143. The Bertz CT molecular complexity index is 1190. The van der Waals surface area contributed by atoms with Crippen LogP contribution in [0.25, 0.3) is 16.4 Å². The molecule has 7 heteroatoms. The molecule has 4 aromatic rings. The highest BCUT2D eigenvalue weighted by Gasteiger charge is 2.42. The number of hydrogen-bond acceptors (Lipinski definition) is 4. The Hall–Kier alpha value is -2.93. The molecule has 2 heterocycles. The van der Waals surface area contributed by atoms with E-state index in [0.29, 0.717) is 15.9 Å². The average Bonchev–Trinajstić information content (AvgIpc) is 3.11. The van der Waals surface area contributed by atoms with Crippen LogP contribution in [0.2, 0.25) is 0 Å². The van der Waals surface area contributed by atoms with Crippen LogP contribution in [0.5, 0.6) is 0 Å². The second kappa shape index (κ2) is 6.91. The molecule has 2 aromatic carbocycles. The van der Waals surface area contributed by atoms with E-state index in [1.807, 2.05) is 31.1 Å². The van der Waals surface area contributed by atoms with Gasteiger partial charge in [0.15, 0.2) is 0 Å². The molecule has 28 heavy (non-hydrogen) atoms. The van der Waals surface area contributed by atoms with Crippen molar-refractivity contribution in [2.45, 2.75) is 10.2 Å². The van der Waals surface area contributed by atoms with Gasteiger partial charge in [-0.05, 0) is 41.4 Å². The highest BCUT2D eigenvalue weighted by atomic mass is 32.2. The molecule has 0 aliphatic carbocycles. The molecule has 0 saturated carbocycles. The first-order chi connectivity index (χ1) is 13.4. The highest BCUT2D eigenvalue weighted by molar-refractivity contribution is 8.01. The lowest BCUT2D eigenvalue weighted by atomic mass is 10.1. The molecular weight excluding hydrogens is 380 g/mol. The molecule has 0 radical (unpaired) electrons. The number of rotatable bonds is 5. The number of benzene rings is 2. The largest absolute Gasteiger partial charge is 0.377 e. The van der Waals surface area contributed by atoms with Gasteiger partial charge in [-0.2, -0.15) is 8.78 Å². The van der Waals surface area contributed by atoms with Crippen molar-refractivity contribution in [3.63, 3.8) is 0 Å². The lowest BCUT2D eigenvalue weighted by molar-refractivity contribution is 0.0560. The van der Waals surface area contributed by atoms with Gasteiger partial charge in [0.25, 0.3) is 5.78 Å². The van der Waals surface area contributed by atoms with Crippen LogP contribution in [0.3, 0.4) is 0 Å². The zero-order valence-electron chi connectivity index (χ0n) is 15.3. The Balaban J connectivity index is 1.74. The normalized spacial score (nSPS) is 11.9. The Morgan fingerprint density at radius 2 is 1.75 bits per heavy atom. The number of carbonyl (C=O) groups excluding carboxylic acids is 1. The number of alkyl halides is 2. The number of imidazole rings is 1. The predicted molar refractivity (Wildman–Crippen MR) is 109 cm³/mol. The van der Waals surface area contributed by atoms with Crippen LogP contribution in [-0.4, -0.2) is 34.5 Å². The molecule has 0 aliphatic rings. The van der Waals surface area contributed by atoms with Gasteiger partial charge in [-0.1, -0.05) is 30.3 Å². The van der Waals surface area contributed by atoms with Gasteiger partial charge in [0.05, 0.1) is 6.20 Å². The Morgan fingerprint density at radius 3 is 2.50 bits per heavy atom. The molecule has 0 unspecified atom stereocenters. The number of fused-ring (bicyclic) bond motifs is 2. The third-order valence-electron chi connectivity index (χ3n) is 4.49. The van der Waals surface area contributed by atoms with Crippen molar-refractivity contribution in [3.05, 3.63) is 72.7 Å².